The minimum absolute atomic E-state index is 0.167. The van der Waals surface area contributed by atoms with Crippen molar-refractivity contribution in [1.29, 1.82) is 0 Å². The first kappa shape index (κ1) is 23.2. The van der Waals surface area contributed by atoms with Crippen molar-refractivity contribution in [3.63, 3.8) is 0 Å². The zero-order chi connectivity index (χ0) is 21.9. The van der Waals surface area contributed by atoms with Crippen molar-refractivity contribution in [2.24, 2.45) is 5.10 Å². The third-order valence-electron chi connectivity index (χ3n) is 4.94. The number of hydrogen-bond donors (Lipinski definition) is 1. The van der Waals surface area contributed by atoms with E-state index in [-0.39, 0.29) is 12.4 Å². The molecule has 0 spiro atoms. The van der Waals surface area contributed by atoms with Crippen LogP contribution in [0.1, 0.15) is 24.6 Å². The molecule has 3 rings (SSSR count). The highest BCUT2D eigenvalue weighted by molar-refractivity contribution is 7.13. The number of para-hydroxylation sites is 1. The molecule has 2 heterocycles. The molecular weight excluding hydrogens is 414 g/mol. The van der Waals surface area contributed by atoms with Gasteiger partial charge in [0, 0.05) is 43.7 Å². The van der Waals surface area contributed by atoms with Crippen LogP contribution in [-0.2, 0) is 16.0 Å². The Bertz CT molecular complexity index is 849. The van der Waals surface area contributed by atoms with Crippen LogP contribution in [0.5, 0.6) is 5.75 Å². The molecule has 1 aromatic heterocycles. The summed E-state index contributed by atoms with van der Waals surface area (Å²) in [5.74, 6) is 0.537. The van der Waals surface area contributed by atoms with Gasteiger partial charge in [0.15, 0.2) is 0 Å². The molecule has 0 unspecified atom stereocenters. The van der Waals surface area contributed by atoms with Crippen molar-refractivity contribution in [2.75, 3.05) is 58.4 Å². The minimum Gasteiger partial charge on any atom is -0.493 e. The van der Waals surface area contributed by atoms with Crippen LogP contribution in [0.15, 0.2) is 34.7 Å². The van der Waals surface area contributed by atoms with Crippen LogP contribution < -0.4 is 10.2 Å². The molecule has 1 aromatic carbocycles. The van der Waals surface area contributed by atoms with Gasteiger partial charge in [0.25, 0.3) is 0 Å². The van der Waals surface area contributed by atoms with Gasteiger partial charge in [-0.05, 0) is 32.5 Å². The van der Waals surface area contributed by atoms with E-state index in [1.165, 1.54) is 11.3 Å². The molecule has 31 heavy (non-hydrogen) atoms. The van der Waals surface area contributed by atoms with Crippen LogP contribution in [0.25, 0.3) is 0 Å². The number of thiazole rings is 1. The molecule has 8 nitrogen and oxygen atoms in total. The van der Waals surface area contributed by atoms with E-state index in [0.717, 1.165) is 50.5 Å². The van der Waals surface area contributed by atoms with Gasteiger partial charge in [0.1, 0.15) is 5.75 Å². The molecule has 0 saturated carbocycles. The van der Waals surface area contributed by atoms with Gasteiger partial charge in [0.05, 0.1) is 31.5 Å². The lowest BCUT2D eigenvalue weighted by Crippen LogP contribution is -2.44. The highest BCUT2D eigenvalue weighted by atomic mass is 32.1. The summed E-state index contributed by atoms with van der Waals surface area (Å²) in [6.45, 7) is 8.42. The SMILES string of the molecule is CCOC(=O)Cc1csc(NN=Cc2ccccc2OCCCN2CCN(C)CC2)n1. The first-order valence-corrected chi connectivity index (χ1v) is 11.5. The van der Waals surface area contributed by atoms with E-state index in [9.17, 15) is 4.79 Å². The summed E-state index contributed by atoms with van der Waals surface area (Å²) < 4.78 is 10.9. The van der Waals surface area contributed by atoms with E-state index in [1.807, 2.05) is 29.6 Å². The number of carbonyl (C=O) groups is 1. The molecule has 0 amide bonds. The lowest BCUT2D eigenvalue weighted by Gasteiger charge is -2.32. The number of ether oxygens (including phenoxy) is 2. The second-order valence-corrected chi connectivity index (χ2v) is 8.24. The summed E-state index contributed by atoms with van der Waals surface area (Å²) in [5, 5.41) is 6.73. The first-order chi connectivity index (χ1) is 15.1. The Morgan fingerprint density at radius 2 is 2.10 bits per heavy atom. The lowest BCUT2D eigenvalue weighted by atomic mass is 10.2. The maximum atomic E-state index is 11.5. The van der Waals surface area contributed by atoms with Crippen molar-refractivity contribution < 1.29 is 14.3 Å². The summed E-state index contributed by atoms with van der Waals surface area (Å²) in [6.07, 6.45) is 2.89. The van der Waals surface area contributed by atoms with Gasteiger partial charge in [0.2, 0.25) is 5.13 Å². The van der Waals surface area contributed by atoms with Crippen LogP contribution >= 0.6 is 11.3 Å². The summed E-state index contributed by atoms with van der Waals surface area (Å²) in [6, 6.07) is 7.84. The van der Waals surface area contributed by atoms with Crippen LogP contribution in [0.3, 0.4) is 0 Å². The number of hydrazone groups is 1. The number of anilines is 1. The molecule has 0 bridgehead atoms. The molecule has 1 fully saturated rings. The Morgan fingerprint density at radius 1 is 1.29 bits per heavy atom. The smallest absolute Gasteiger partial charge is 0.311 e. The summed E-state index contributed by atoms with van der Waals surface area (Å²) in [4.78, 5) is 20.7. The van der Waals surface area contributed by atoms with Crippen LogP contribution in [0, 0.1) is 0 Å². The van der Waals surface area contributed by atoms with Crippen LogP contribution in [0.2, 0.25) is 0 Å². The average Bonchev–Trinajstić information content (AvgIpc) is 3.20. The van der Waals surface area contributed by atoms with Gasteiger partial charge in [-0.25, -0.2) is 4.98 Å². The Morgan fingerprint density at radius 3 is 2.90 bits per heavy atom. The Hall–Kier alpha value is -2.49. The zero-order valence-corrected chi connectivity index (χ0v) is 19.1. The average molecular weight is 446 g/mol. The second-order valence-electron chi connectivity index (χ2n) is 7.38. The third-order valence-corrected chi connectivity index (χ3v) is 5.73. The highest BCUT2D eigenvalue weighted by Crippen LogP contribution is 2.18. The maximum Gasteiger partial charge on any atom is 0.311 e. The Balaban J connectivity index is 1.44. The van der Waals surface area contributed by atoms with Crippen molar-refractivity contribution >= 4 is 28.7 Å². The normalized spacial score (nSPS) is 15.3. The van der Waals surface area contributed by atoms with E-state index in [2.05, 4.69) is 32.4 Å². The van der Waals surface area contributed by atoms with Crippen molar-refractivity contribution in [3.8, 4) is 5.75 Å². The van der Waals surface area contributed by atoms with Crippen LogP contribution in [0.4, 0.5) is 5.13 Å². The zero-order valence-electron chi connectivity index (χ0n) is 18.2. The van der Waals surface area contributed by atoms with Gasteiger partial charge >= 0.3 is 5.97 Å². The van der Waals surface area contributed by atoms with Crippen molar-refractivity contribution in [3.05, 3.63) is 40.9 Å². The fraction of sp³-hybridized carbons (Fsp3) is 0.500. The number of nitrogens with one attached hydrogen (secondary N) is 1. The molecule has 1 aliphatic heterocycles. The molecule has 168 valence electrons. The lowest BCUT2D eigenvalue weighted by molar-refractivity contribution is -0.142. The van der Waals surface area contributed by atoms with Crippen molar-refractivity contribution in [1.82, 2.24) is 14.8 Å². The monoisotopic (exact) mass is 445 g/mol. The van der Waals surface area contributed by atoms with E-state index in [1.54, 1.807) is 13.1 Å². The molecule has 0 aliphatic carbocycles. The van der Waals surface area contributed by atoms with Gasteiger partial charge < -0.3 is 19.3 Å². The Kier molecular flexibility index (Phi) is 9.26. The van der Waals surface area contributed by atoms with Gasteiger partial charge in [-0.2, -0.15) is 5.10 Å². The van der Waals surface area contributed by atoms with E-state index in [4.69, 9.17) is 9.47 Å². The minimum atomic E-state index is -0.276. The second kappa shape index (κ2) is 12.4. The van der Waals surface area contributed by atoms with E-state index < -0.39 is 0 Å². The molecule has 2 aromatic rings. The summed E-state index contributed by atoms with van der Waals surface area (Å²) in [5.41, 5.74) is 4.49. The molecule has 0 radical (unpaired) electrons. The van der Waals surface area contributed by atoms with Gasteiger partial charge in [-0.3, -0.25) is 10.2 Å². The number of aromatic nitrogens is 1. The summed E-state index contributed by atoms with van der Waals surface area (Å²) >= 11 is 1.40. The number of hydrogen-bond acceptors (Lipinski definition) is 9. The predicted molar refractivity (Wildman–Crippen MR) is 124 cm³/mol. The third kappa shape index (κ3) is 7.93. The fourth-order valence-electron chi connectivity index (χ4n) is 3.22. The predicted octanol–water partition coefficient (Wildman–Crippen LogP) is 2.71. The maximum absolute atomic E-state index is 11.5. The van der Waals surface area contributed by atoms with E-state index in [0.29, 0.717) is 24.0 Å². The van der Waals surface area contributed by atoms with E-state index >= 15 is 0 Å². The molecule has 1 saturated heterocycles. The number of nitrogens with zero attached hydrogens (tertiary/aromatic N) is 4. The number of esters is 1. The van der Waals surface area contributed by atoms with Gasteiger partial charge in [-0.15, -0.1) is 11.3 Å². The fourth-order valence-corrected chi connectivity index (χ4v) is 3.88. The number of piperazine rings is 1. The topological polar surface area (TPSA) is 79.3 Å². The number of likely N-dealkylation sites (N-methyl/N-ethyl adjacent to an activating group) is 1. The van der Waals surface area contributed by atoms with Crippen LogP contribution in [-0.4, -0.2) is 80.0 Å². The molecule has 1 N–H and O–H groups in total. The molecule has 1 aliphatic rings. The highest BCUT2D eigenvalue weighted by Gasteiger charge is 2.13. The largest absolute Gasteiger partial charge is 0.493 e. The number of benzene rings is 1. The standard InChI is InChI=1S/C22H31N5O3S/c1-3-29-21(28)15-19-17-31-22(24-19)25-23-16-18-7-4-5-8-20(18)30-14-6-9-27-12-10-26(2)11-13-27/h4-5,7-8,16-17H,3,6,9-15H2,1-2H3,(H,24,25). The summed E-state index contributed by atoms with van der Waals surface area (Å²) in [7, 11) is 2.17. The molecule has 9 heteroatoms. The Labute approximate surface area is 187 Å². The number of rotatable bonds is 11. The molecule has 0 atom stereocenters. The van der Waals surface area contributed by atoms with Crippen molar-refractivity contribution in [2.45, 2.75) is 19.8 Å². The number of carbonyl (C=O) groups excluding carboxylic acids is 1. The molecular formula is C22H31N5O3S. The van der Waals surface area contributed by atoms with Gasteiger partial charge in [-0.1, -0.05) is 12.1 Å². The quantitative estimate of drug-likeness (QED) is 0.247. The first-order valence-electron chi connectivity index (χ1n) is 10.7.